The van der Waals surface area contributed by atoms with E-state index in [1.165, 1.54) is 0 Å². The molecule has 0 spiro atoms. The molecule has 3 nitrogen and oxygen atoms in total. The average molecular weight is 299 g/mol. The molecule has 0 radical (unpaired) electrons. The fourth-order valence-electron chi connectivity index (χ4n) is 1.68. The van der Waals surface area contributed by atoms with Crippen LogP contribution in [0.15, 0.2) is 18.2 Å². The molecule has 2 N–H and O–H groups in total. The summed E-state index contributed by atoms with van der Waals surface area (Å²) in [5.74, 6) is 2.21. The van der Waals surface area contributed by atoms with Crippen LogP contribution in [0.4, 0.5) is 0 Å². The van der Waals surface area contributed by atoms with Crippen LogP contribution in [-0.4, -0.2) is 18.5 Å². The van der Waals surface area contributed by atoms with Crippen molar-refractivity contribution in [3.8, 4) is 12.3 Å². The quantitative estimate of drug-likeness (QED) is 0.821. The third-order valence-corrected chi connectivity index (χ3v) is 3.25. The van der Waals surface area contributed by atoms with Crippen LogP contribution in [-0.2, 0) is 4.79 Å². The molecule has 0 aliphatic rings. The average Bonchev–Trinajstić information content (AvgIpc) is 2.35. The van der Waals surface area contributed by atoms with Gasteiger partial charge in [0, 0.05) is 16.1 Å². The Bertz CT molecular complexity index is 497. The van der Waals surface area contributed by atoms with Gasteiger partial charge in [0.15, 0.2) is 0 Å². The molecule has 102 valence electrons. The topological polar surface area (TPSA) is 41.1 Å². The van der Waals surface area contributed by atoms with E-state index in [2.05, 4.69) is 16.6 Å². The zero-order valence-electron chi connectivity index (χ0n) is 10.8. The van der Waals surface area contributed by atoms with Gasteiger partial charge in [0.05, 0.1) is 12.6 Å². The van der Waals surface area contributed by atoms with E-state index in [9.17, 15) is 4.79 Å². The molecular weight excluding hydrogens is 283 g/mol. The Morgan fingerprint density at radius 2 is 2.11 bits per heavy atom. The highest BCUT2D eigenvalue weighted by Crippen LogP contribution is 2.26. The second-order valence-corrected chi connectivity index (χ2v) is 5.04. The first-order valence-corrected chi connectivity index (χ1v) is 6.63. The van der Waals surface area contributed by atoms with Gasteiger partial charge in [-0.05, 0) is 31.5 Å². The minimum Gasteiger partial charge on any atom is -0.344 e. The largest absolute Gasteiger partial charge is 0.344 e. The lowest BCUT2D eigenvalue weighted by atomic mass is 10.1. The smallest absolute Gasteiger partial charge is 0.237 e. The minimum atomic E-state index is -0.366. The van der Waals surface area contributed by atoms with Crippen molar-refractivity contribution in [2.45, 2.75) is 25.9 Å². The van der Waals surface area contributed by atoms with Crippen LogP contribution in [0.25, 0.3) is 0 Å². The maximum absolute atomic E-state index is 11.7. The second-order valence-electron chi connectivity index (χ2n) is 4.20. The number of carbonyl (C=O) groups excluding carboxylic acids is 1. The number of benzene rings is 1. The first-order chi connectivity index (χ1) is 8.95. The highest BCUT2D eigenvalue weighted by molar-refractivity contribution is 6.35. The lowest BCUT2D eigenvalue weighted by Crippen LogP contribution is -2.43. The summed E-state index contributed by atoms with van der Waals surface area (Å²) in [6.07, 6.45) is 5.09. The van der Waals surface area contributed by atoms with E-state index < -0.39 is 0 Å². The molecule has 0 saturated heterocycles. The lowest BCUT2D eigenvalue weighted by Gasteiger charge is -2.20. The van der Waals surface area contributed by atoms with Crippen LogP contribution in [0.3, 0.4) is 0 Å². The van der Waals surface area contributed by atoms with Crippen molar-refractivity contribution in [1.82, 2.24) is 10.6 Å². The third kappa shape index (κ3) is 4.76. The highest BCUT2D eigenvalue weighted by Gasteiger charge is 2.17. The van der Waals surface area contributed by atoms with E-state index in [-0.39, 0.29) is 24.5 Å². The molecule has 0 heterocycles. The molecule has 0 fully saturated rings. The van der Waals surface area contributed by atoms with E-state index in [0.717, 1.165) is 5.56 Å². The molecule has 5 heteroatoms. The van der Waals surface area contributed by atoms with Gasteiger partial charge in [0.2, 0.25) is 5.91 Å². The van der Waals surface area contributed by atoms with Crippen LogP contribution in [0.5, 0.6) is 0 Å². The molecule has 0 aromatic heterocycles. The molecule has 0 bridgehead atoms. The van der Waals surface area contributed by atoms with E-state index in [1.807, 2.05) is 13.0 Å². The van der Waals surface area contributed by atoms with Gasteiger partial charge in [-0.2, -0.15) is 0 Å². The highest BCUT2D eigenvalue weighted by atomic mass is 35.5. The number of hydrogen-bond donors (Lipinski definition) is 2. The van der Waals surface area contributed by atoms with Gasteiger partial charge in [0.1, 0.15) is 0 Å². The van der Waals surface area contributed by atoms with Crippen molar-refractivity contribution in [3.63, 3.8) is 0 Å². The normalized spacial score (nSPS) is 13.4. The molecule has 0 saturated carbocycles. The lowest BCUT2D eigenvalue weighted by molar-refractivity contribution is -0.122. The minimum absolute atomic E-state index is 0.0728. The van der Waals surface area contributed by atoms with Crippen molar-refractivity contribution in [2.75, 3.05) is 6.54 Å². The number of terminal acetylenes is 1. The molecule has 2 unspecified atom stereocenters. The zero-order chi connectivity index (χ0) is 14.4. The summed E-state index contributed by atoms with van der Waals surface area (Å²) in [5.41, 5.74) is 0.891. The Hall–Kier alpha value is -1.21. The molecule has 0 aliphatic heterocycles. The maximum Gasteiger partial charge on any atom is 0.237 e. The number of carbonyl (C=O) groups is 1. The van der Waals surface area contributed by atoms with Crippen molar-refractivity contribution in [2.24, 2.45) is 0 Å². The van der Waals surface area contributed by atoms with Crippen molar-refractivity contribution >= 4 is 29.1 Å². The predicted octanol–water partition coefficient (Wildman–Crippen LogP) is 2.78. The van der Waals surface area contributed by atoms with Crippen molar-refractivity contribution < 1.29 is 4.79 Å². The van der Waals surface area contributed by atoms with Crippen molar-refractivity contribution in [3.05, 3.63) is 33.8 Å². The monoisotopic (exact) mass is 298 g/mol. The molecule has 1 amide bonds. The molecule has 1 aromatic carbocycles. The van der Waals surface area contributed by atoms with Crippen LogP contribution >= 0.6 is 23.2 Å². The summed E-state index contributed by atoms with van der Waals surface area (Å²) in [4.78, 5) is 11.7. The fraction of sp³-hybridized carbons (Fsp3) is 0.357. The summed E-state index contributed by atoms with van der Waals surface area (Å²) in [5, 5.41) is 6.93. The zero-order valence-corrected chi connectivity index (χ0v) is 12.3. The van der Waals surface area contributed by atoms with E-state index >= 15 is 0 Å². The Kier molecular flexibility index (Phi) is 6.17. The van der Waals surface area contributed by atoms with E-state index in [4.69, 9.17) is 29.6 Å². The molecule has 1 aromatic rings. The van der Waals surface area contributed by atoms with Gasteiger partial charge in [-0.15, -0.1) is 6.42 Å². The van der Waals surface area contributed by atoms with Gasteiger partial charge < -0.3 is 5.32 Å². The Balaban J connectivity index is 2.66. The number of amides is 1. The van der Waals surface area contributed by atoms with Gasteiger partial charge >= 0.3 is 0 Å². The first kappa shape index (κ1) is 15.8. The number of rotatable bonds is 5. The number of hydrogen-bond acceptors (Lipinski definition) is 2. The predicted molar refractivity (Wildman–Crippen MR) is 79.3 cm³/mol. The number of nitrogens with one attached hydrogen (secondary N) is 2. The molecule has 0 aliphatic carbocycles. The van der Waals surface area contributed by atoms with Crippen LogP contribution in [0, 0.1) is 12.3 Å². The standard InChI is InChI=1S/C14H16Cl2N2O/c1-4-7-17-14(19)10(3)18-9(2)12-6-5-11(15)8-13(12)16/h1,5-6,8-10,18H,7H2,2-3H3,(H,17,19). The summed E-state index contributed by atoms with van der Waals surface area (Å²) >= 11 is 12.0. The summed E-state index contributed by atoms with van der Waals surface area (Å²) in [7, 11) is 0. The second kappa shape index (κ2) is 7.40. The van der Waals surface area contributed by atoms with Crippen molar-refractivity contribution in [1.29, 1.82) is 0 Å². The van der Waals surface area contributed by atoms with Crippen LogP contribution in [0.2, 0.25) is 10.0 Å². The van der Waals surface area contributed by atoms with Gasteiger partial charge in [-0.25, -0.2) is 0 Å². The molecule has 2 atom stereocenters. The number of halogens is 2. The molecular formula is C14H16Cl2N2O. The third-order valence-electron chi connectivity index (χ3n) is 2.69. The van der Waals surface area contributed by atoms with E-state index in [1.54, 1.807) is 19.1 Å². The summed E-state index contributed by atoms with van der Waals surface area (Å²) in [6.45, 7) is 3.92. The van der Waals surface area contributed by atoms with Gasteiger partial charge in [-0.1, -0.05) is 35.2 Å². The van der Waals surface area contributed by atoms with Gasteiger partial charge in [0.25, 0.3) is 0 Å². The fourth-order valence-corrected chi connectivity index (χ4v) is 2.26. The Labute approximate surface area is 123 Å². The summed E-state index contributed by atoms with van der Waals surface area (Å²) < 4.78 is 0. The SMILES string of the molecule is C#CCNC(=O)C(C)NC(C)c1ccc(Cl)cc1Cl. The molecule has 1 rings (SSSR count). The van der Waals surface area contributed by atoms with Crippen LogP contribution in [0.1, 0.15) is 25.5 Å². The molecule has 19 heavy (non-hydrogen) atoms. The Morgan fingerprint density at radius 1 is 1.42 bits per heavy atom. The summed E-state index contributed by atoms with van der Waals surface area (Å²) in [6, 6.07) is 4.85. The first-order valence-electron chi connectivity index (χ1n) is 5.88. The van der Waals surface area contributed by atoms with Gasteiger partial charge in [-0.3, -0.25) is 10.1 Å². The van der Waals surface area contributed by atoms with E-state index in [0.29, 0.717) is 10.0 Å². The Morgan fingerprint density at radius 3 is 2.68 bits per heavy atom. The maximum atomic E-state index is 11.7. The van der Waals surface area contributed by atoms with Crippen LogP contribution < -0.4 is 10.6 Å².